The summed E-state index contributed by atoms with van der Waals surface area (Å²) in [5.41, 5.74) is 0. The van der Waals surface area contributed by atoms with Gasteiger partial charge in [0.15, 0.2) is 0 Å². The summed E-state index contributed by atoms with van der Waals surface area (Å²) in [6.45, 7) is 0. The Balaban J connectivity index is 1.45. The molecule has 0 N–H and O–H groups in total. The minimum atomic E-state index is -0.629. The number of hydrogen-bond donors (Lipinski definition) is 0. The molecule has 0 atom stereocenters. The summed E-state index contributed by atoms with van der Waals surface area (Å²) < 4.78 is 13.0. The second-order valence-electron chi connectivity index (χ2n) is 6.75. The SMILES string of the molecule is O=C(C[CH2][Sn][CH2]CC(=O)OC1CCCCC1)OC1CCCCC1. The molecule has 0 heterocycles. The van der Waals surface area contributed by atoms with Crippen LogP contribution in [0.1, 0.15) is 77.0 Å². The first-order valence-electron chi connectivity index (χ1n) is 9.34. The van der Waals surface area contributed by atoms with Gasteiger partial charge in [-0.3, -0.25) is 0 Å². The topological polar surface area (TPSA) is 52.6 Å². The van der Waals surface area contributed by atoms with Gasteiger partial charge >= 0.3 is 150 Å². The Labute approximate surface area is 150 Å². The molecular weight excluding hydrogens is 399 g/mol. The molecule has 0 saturated heterocycles. The number of carbonyl (C=O) groups is 2. The average molecular weight is 429 g/mol. The van der Waals surface area contributed by atoms with E-state index in [-0.39, 0.29) is 24.1 Å². The number of hydrogen-bond acceptors (Lipinski definition) is 4. The Bertz CT molecular complexity index is 326. The van der Waals surface area contributed by atoms with Crippen molar-refractivity contribution in [3.05, 3.63) is 0 Å². The monoisotopic (exact) mass is 430 g/mol. The van der Waals surface area contributed by atoms with E-state index < -0.39 is 21.1 Å². The third-order valence-electron chi connectivity index (χ3n) is 4.71. The van der Waals surface area contributed by atoms with E-state index in [2.05, 4.69) is 0 Å². The van der Waals surface area contributed by atoms with E-state index in [9.17, 15) is 9.59 Å². The fourth-order valence-electron chi connectivity index (χ4n) is 3.36. The maximum atomic E-state index is 11.8. The zero-order chi connectivity index (χ0) is 16.3. The standard InChI is InChI=1S/2C9H15O2.Sn/c2*1-2-9(10)11-8-6-4-3-5-7-8;/h2*8H,1-7H2;. The zero-order valence-corrected chi connectivity index (χ0v) is 17.0. The molecular formula is C18H30O4Sn. The maximum absolute atomic E-state index is 11.8. The van der Waals surface area contributed by atoms with Gasteiger partial charge in [-0.05, 0) is 0 Å². The van der Waals surface area contributed by atoms with Crippen LogP contribution in [0.15, 0.2) is 0 Å². The van der Waals surface area contributed by atoms with E-state index in [1.54, 1.807) is 0 Å². The van der Waals surface area contributed by atoms with Gasteiger partial charge in [0, 0.05) is 0 Å². The summed E-state index contributed by atoms with van der Waals surface area (Å²) in [5.74, 6) is -0.0508. The van der Waals surface area contributed by atoms with Gasteiger partial charge < -0.3 is 0 Å². The normalized spacial score (nSPS) is 20.2. The molecule has 0 aromatic carbocycles. The average Bonchev–Trinajstić information content (AvgIpc) is 2.56. The van der Waals surface area contributed by atoms with Gasteiger partial charge in [0.25, 0.3) is 0 Å². The quantitative estimate of drug-likeness (QED) is 0.332. The molecule has 130 valence electrons. The summed E-state index contributed by atoms with van der Waals surface area (Å²) in [6, 6.07) is 0. The number of ether oxygens (including phenoxy) is 2. The predicted molar refractivity (Wildman–Crippen MR) is 90.5 cm³/mol. The van der Waals surface area contributed by atoms with E-state index in [0.717, 1.165) is 34.6 Å². The van der Waals surface area contributed by atoms with Crippen molar-refractivity contribution in [2.75, 3.05) is 0 Å². The molecule has 0 aliphatic heterocycles. The Morgan fingerprint density at radius 2 is 1.09 bits per heavy atom. The molecule has 2 radical (unpaired) electrons. The molecule has 2 aliphatic rings. The van der Waals surface area contributed by atoms with Gasteiger partial charge in [-0.1, -0.05) is 0 Å². The molecule has 2 aliphatic carbocycles. The molecule has 2 saturated carbocycles. The first kappa shape index (κ1) is 19.1. The van der Waals surface area contributed by atoms with Crippen molar-refractivity contribution in [2.45, 2.75) is 98.1 Å². The molecule has 0 amide bonds. The van der Waals surface area contributed by atoms with Crippen molar-refractivity contribution in [1.82, 2.24) is 0 Å². The molecule has 0 bridgehead atoms. The van der Waals surface area contributed by atoms with Crippen LogP contribution in [0.3, 0.4) is 0 Å². The fraction of sp³-hybridized carbons (Fsp3) is 0.889. The predicted octanol–water partition coefficient (Wildman–Crippen LogP) is 4.06. The van der Waals surface area contributed by atoms with Crippen LogP contribution in [0.4, 0.5) is 0 Å². The van der Waals surface area contributed by atoms with Gasteiger partial charge in [-0.2, -0.15) is 0 Å². The Kier molecular flexibility index (Phi) is 9.39. The van der Waals surface area contributed by atoms with Crippen LogP contribution in [0, 0.1) is 0 Å². The van der Waals surface area contributed by atoms with E-state index in [1.165, 1.54) is 38.5 Å². The number of carbonyl (C=O) groups excluding carboxylic acids is 2. The molecule has 23 heavy (non-hydrogen) atoms. The van der Waals surface area contributed by atoms with Gasteiger partial charge in [0.2, 0.25) is 0 Å². The molecule has 0 unspecified atom stereocenters. The summed E-state index contributed by atoms with van der Waals surface area (Å²) in [7, 11) is 0. The van der Waals surface area contributed by atoms with Gasteiger partial charge in [-0.15, -0.1) is 0 Å². The third kappa shape index (κ3) is 8.41. The van der Waals surface area contributed by atoms with Crippen LogP contribution >= 0.6 is 0 Å². The zero-order valence-electron chi connectivity index (χ0n) is 14.2. The molecule has 0 aromatic rings. The van der Waals surface area contributed by atoms with Crippen molar-refractivity contribution < 1.29 is 19.1 Å². The molecule has 2 rings (SSSR count). The van der Waals surface area contributed by atoms with Crippen molar-refractivity contribution in [1.29, 1.82) is 0 Å². The van der Waals surface area contributed by atoms with Crippen LogP contribution in [0.2, 0.25) is 8.87 Å². The molecule has 5 heteroatoms. The third-order valence-corrected chi connectivity index (χ3v) is 8.16. The van der Waals surface area contributed by atoms with E-state index in [0.29, 0.717) is 12.8 Å². The summed E-state index contributed by atoms with van der Waals surface area (Å²) in [4.78, 5) is 23.6. The molecule has 4 nitrogen and oxygen atoms in total. The summed E-state index contributed by atoms with van der Waals surface area (Å²) >= 11 is -0.629. The van der Waals surface area contributed by atoms with Crippen LogP contribution in [-0.2, 0) is 19.1 Å². The summed E-state index contributed by atoms with van der Waals surface area (Å²) in [6.07, 6.45) is 12.9. The minimum absolute atomic E-state index is 0.0254. The second-order valence-corrected chi connectivity index (χ2v) is 11.0. The molecule has 0 spiro atoms. The second kappa shape index (κ2) is 11.3. The Morgan fingerprint density at radius 1 is 0.696 bits per heavy atom. The van der Waals surface area contributed by atoms with Crippen molar-refractivity contribution in [3.63, 3.8) is 0 Å². The van der Waals surface area contributed by atoms with Gasteiger partial charge in [0.1, 0.15) is 0 Å². The molecule has 2 fully saturated rings. The van der Waals surface area contributed by atoms with Crippen molar-refractivity contribution in [3.8, 4) is 0 Å². The van der Waals surface area contributed by atoms with Crippen LogP contribution in [-0.4, -0.2) is 45.3 Å². The van der Waals surface area contributed by atoms with Crippen molar-refractivity contribution >= 4 is 33.1 Å². The first-order valence-corrected chi connectivity index (χ1v) is 13.4. The van der Waals surface area contributed by atoms with Crippen LogP contribution in [0.5, 0.6) is 0 Å². The van der Waals surface area contributed by atoms with Crippen molar-refractivity contribution in [2.24, 2.45) is 0 Å². The first-order chi connectivity index (χ1) is 11.2. The van der Waals surface area contributed by atoms with E-state index in [1.807, 2.05) is 0 Å². The van der Waals surface area contributed by atoms with E-state index >= 15 is 0 Å². The van der Waals surface area contributed by atoms with E-state index in [4.69, 9.17) is 9.47 Å². The molecule has 0 aromatic heterocycles. The van der Waals surface area contributed by atoms with Gasteiger partial charge in [0.05, 0.1) is 0 Å². The summed E-state index contributed by atoms with van der Waals surface area (Å²) in [5, 5.41) is 0. The fourth-order valence-corrected chi connectivity index (χ4v) is 6.25. The van der Waals surface area contributed by atoms with Crippen LogP contribution < -0.4 is 0 Å². The van der Waals surface area contributed by atoms with Gasteiger partial charge in [-0.25, -0.2) is 0 Å². The number of esters is 2. The number of rotatable bonds is 8. The van der Waals surface area contributed by atoms with Crippen LogP contribution in [0.25, 0.3) is 0 Å². The Hall–Kier alpha value is -0.261. The Morgan fingerprint density at radius 3 is 1.48 bits per heavy atom.